The highest BCUT2D eigenvalue weighted by atomic mass is 32.1. The van der Waals surface area contributed by atoms with Crippen molar-refractivity contribution in [3.05, 3.63) is 63.7 Å². The molecule has 1 saturated heterocycles. The zero-order chi connectivity index (χ0) is 19.9. The van der Waals surface area contributed by atoms with Gasteiger partial charge in [-0.2, -0.15) is 0 Å². The summed E-state index contributed by atoms with van der Waals surface area (Å²) in [5.41, 5.74) is 4.60. The third-order valence-electron chi connectivity index (χ3n) is 4.52. The number of rotatable bonds is 2. The monoisotopic (exact) mass is 380 g/mol. The maximum Gasteiger partial charge on any atom is 0.270 e. The van der Waals surface area contributed by atoms with Gasteiger partial charge in [0.15, 0.2) is 5.11 Å². The van der Waals surface area contributed by atoms with Crippen LogP contribution in [0.15, 0.2) is 35.9 Å². The van der Waals surface area contributed by atoms with Crippen LogP contribution >= 0.6 is 12.2 Å². The van der Waals surface area contributed by atoms with Crippen molar-refractivity contribution in [2.24, 2.45) is 0 Å². The molecule has 0 radical (unpaired) electrons. The van der Waals surface area contributed by atoms with Crippen molar-refractivity contribution in [1.29, 1.82) is 0 Å². The van der Waals surface area contributed by atoms with Gasteiger partial charge in [0.25, 0.3) is 11.8 Å². The second-order valence-corrected chi connectivity index (χ2v) is 7.14. The fourth-order valence-corrected chi connectivity index (χ4v) is 3.45. The summed E-state index contributed by atoms with van der Waals surface area (Å²) in [7, 11) is 0. The molecular formula is C21H20N2O3S. The van der Waals surface area contributed by atoms with Crippen LogP contribution in [0.4, 0.5) is 5.69 Å². The van der Waals surface area contributed by atoms with Gasteiger partial charge < -0.3 is 5.11 Å². The van der Waals surface area contributed by atoms with Gasteiger partial charge in [-0.25, -0.2) is 0 Å². The molecule has 1 aliphatic heterocycles. The van der Waals surface area contributed by atoms with Gasteiger partial charge in [-0.05, 0) is 86.4 Å². The first-order chi connectivity index (χ1) is 12.7. The molecule has 27 heavy (non-hydrogen) atoms. The fourth-order valence-electron chi connectivity index (χ4n) is 3.17. The minimum absolute atomic E-state index is 0.00642. The summed E-state index contributed by atoms with van der Waals surface area (Å²) in [5.74, 6) is -0.803. The van der Waals surface area contributed by atoms with Crippen molar-refractivity contribution in [1.82, 2.24) is 5.32 Å². The molecule has 2 amide bonds. The van der Waals surface area contributed by atoms with Gasteiger partial charge in [0.1, 0.15) is 11.3 Å². The van der Waals surface area contributed by atoms with Crippen molar-refractivity contribution >= 4 is 40.9 Å². The minimum atomic E-state index is -0.533. The van der Waals surface area contributed by atoms with E-state index in [-0.39, 0.29) is 16.4 Å². The molecule has 3 rings (SSSR count). The van der Waals surface area contributed by atoms with Gasteiger partial charge >= 0.3 is 0 Å². The molecule has 2 aromatic rings. The molecule has 0 atom stereocenters. The van der Waals surface area contributed by atoms with Crippen molar-refractivity contribution in [3.63, 3.8) is 0 Å². The predicted octanol–water partition coefficient (Wildman–Crippen LogP) is 3.46. The van der Waals surface area contributed by atoms with E-state index in [4.69, 9.17) is 12.2 Å². The van der Waals surface area contributed by atoms with Crippen LogP contribution in [-0.4, -0.2) is 22.0 Å². The maximum absolute atomic E-state index is 13.1. The Bertz CT molecular complexity index is 1000. The standard InChI is InChI=1S/C21H20N2O3S/c1-11-5-6-17(12(2)7-11)23-20(26)16(19(25)22-21(23)27)10-15-8-13(3)18(24)14(4)9-15/h5-10,24H,1-4H3,(H,22,25,27)/b16-10+. The van der Waals surface area contributed by atoms with Crippen molar-refractivity contribution in [2.75, 3.05) is 4.90 Å². The number of phenolic OH excluding ortho intramolecular Hbond substituents is 1. The van der Waals surface area contributed by atoms with Crippen LogP contribution in [0.1, 0.15) is 27.8 Å². The first-order valence-electron chi connectivity index (χ1n) is 8.48. The van der Waals surface area contributed by atoms with Crippen LogP contribution in [0, 0.1) is 27.7 Å². The summed E-state index contributed by atoms with van der Waals surface area (Å²) in [6.45, 7) is 7.40. The van der Waals surface area contributed by atoms with E-state index >= 15 is 0 Å². The Morgan fingerprint density at radius 2 is 1.63 bits per heavy atom. The molecule has 1 fully saturated rings. The number of carbonyl (C=O) groups excluding carboxylic acids is 2. The topological polar surface area (TPSA) is 69.6 Å². The van der Waals surface area contributed by atoms with Crippen LogP contribution < -0.4 is 10.2 Å². The summed E-state index contributed by atoms with van der Waals surface area (Å²) in [5, 5.41) is 12.6. The first-order valence-corrected chi connectivity index (χ1v) is 8.89. The summed E-state index contributed by atoms with van der Waals surface area (Å²) in [4.78, 5) is 26.8. The molecule has 1 aliphatic rings. The van der Waals surface area contributed by atoms with Crippen LogP contribution in [0.25, 0.3) is 6.08 Å². The SMILES string of the molecule is Cc1ccc(N2C(=O)/C(=C/c3cc(C)c(O)c(C)c3)C(=O)NC2=S)c(C)c1. The number of hydrogen-bond acceptors (Lipinski definition) is 4. The Labute approximate surface area is 163 Å². The van der Waals surface area contributed by atoms with E-state index in [1.54, 1.807) is 26.0 Å². The molecule has 0 bridgehead atoms. The number of nitrogens with zero attached hydrogens (tertiary/aromatic N) is 1. The highest BCUT2D eigenvalue weighted by Gasteiger charge is 2.35. The van der Waals surface area contributed by atoms with Crippen molar-refractivity contribution in [3.8, 4) is 5.75 Å². The number of hydrogen-bond donors (Lipinski definition) is 2. The van der Waals surface area contributed by atoms with Crippen LogP contribution in [0.5, 0.6) is 5.75 Å². The van der Waals surface area contributed by atoms with Gasteiger partial charge in [0, 0.05) is 0 Å². The van der Waals surface area contributed by atoms with Crippen LogP contribution in [-0.2, 0) is 9.59 Å². The lowest BCUT2D eigenvalue weighted by Crippen LogP contribution is -2.54. The summed E-state index contributed by atoms with van der Waals surface area (Å²) in [6.07, 6.45) is 1.52. The summed E-state index contributed by atoms with van der Waals surface area (Å²) >= 11 is 5.24. The molecule has 2 aromatic carbocycles. The third kappa shape index (κ3) is 3.48. The van der Waals surface area contributed by atoms with E-state index < -0.39 is 11.8 Å². The number of thiocarbonyl (C=S) groups is 1. The molecule has 6 heteroatoms. The van der Waals surface area contributed by atoms with E-state index in [1.807, 2.05) is 32.0 Å². The number of benzene rings is 2. The van der Waals surface area contributed by atoms with Gasteiger partial charge in [0.05, 0.1) is 5.69 Å². The van der Waals surface area contributed by atoms with Gasteiger partial charge in [0.2, 0.25) is 0 Å². The number of aryl methyl sites for hydroxylation is 4. The predicted molar refractivity (Wildman–Crippen MR) is 110 cm³/mol. The molecule has 0 unspecified atom stereocenters. The number of phenols is 1. The van der Waals surface area contributed by atoms with E-state index in [0.717, 1.165) is 11.1 Å². The average Bonchev–Trinajstić information content (AvgIpc) is 2.58. The molecule has 2 N–H and O–H groups in total. The molecule has 0 saturated carbocycles. The van der Waals surface area contributed by atoms with Gasteiger partial charge in [-0.15, -0.1) is 0 Å². The second-order valence-electron chi connectivity index (χ2n) is 6.75. The third-order valence-corrected chi connectivity index (χ3v) is 4.80. The number of amides is 2. The highest BCUT2D eigenvalue weighted by Crippen LogP contribution is 2.28. The molecule has 1 heterocycles. The number of anilines is 1. The maximum atomic E-state index is 13.1. The molecule has 0 spiro atoms. The summed E-state index contributed by atoms with van der Waals surface area (Å²) in [6, 6.07) is 9.12. The van der Waals surface area contributed by atoms with E-state index in [2.05, 4.69) is 5.32 Å². The fraction of sp³-hybridized carbons (Fsp3) is 0.190. The van der Waals surface area contributed by atoms with E-state index in [0.29, 0.717) is 22.4 Å². The Hall–Kier alpha value is -2.99. The lowest BCUT2D eigenvalue weighted by molar-refractivity contribution is -0.122. The average molecular weight is 380 g/mol. The Kier molecular flexibility index (Phi) is 4.85. The Morgan fingerprint density at radius 3 is 2.22 bits per heavy atom. The van der Waals surface area contributed by atoms with Crippen molar-refractivity contribution in [2.45, 2.75) is 27.7 Å². The quantitative estimate of drug-likeness (QED) is 0.476. The molecule has 138 valence electrons. The zero-order valence-electron chi connectivity index (χ0n) is 15.6. The molecular weight excluding hydrogens is 360 g/mol. The van der Waals surface area contributed by atoms with Gasteiger partial charge in [-0.3, -0.25) is 19.8 Å². The van der Waals surface area contributed by atoms with Crippen LogP contribution in [0.2, 0.25) is 0 Å². The number of carbonyl (C=O) groups is 2. The van der Waals surface area contributed by atoms with E-state index in [1.165, 1.54) is 11.0 Å². The number of aromatic hydroxyl groups is 1. The van der Waals surface area contributed by atoms with Crippen molar-refractivity contribution < 1.29 is 14.7 Å². The lowest BCUT2D eigenvalue weighted by Gasteiger charge is -2.30. The number of nitrogens with one attached hydrogen (secondary N) is 1. The van der Waals surface area contributed by atoms with E-state index in [9.17, 15) is 14.7 Å². The molecule has 5 nitrogen and oxygen atoms in total. The largest absolute Gasteiger partial charge is 0.507 e. The van der Waals surface area contributed by atoms with Gasteiger partial charge in [-0.1, -0.05) is 17.7 Å². The normalized spacial score (nSPS) is 16.1. The smallest absolute Gasteiger partial charge is 0.270 e. The zero-order valence-corrected chi connectivity index (χ0v) is 16.4. The molecule has 0 aliphatic carbocycles. The second kappa shape index (κ2) is 6.96. The summed E-state index contributed by atoms with van der Waals surface area (Å²) < 4.78 is 0. The minimum Gasteiger partial charge on any atom is -0.507 e. The first kappa shape index (κ1) is 18.8. The molecule has 0 aromatic heterocycles. The lowest BCUT2D eigenvalue weighted by atomic mass is 10.0. The van der Waals surface area contributed by atoms with Crippen LogP contribution in [0.3, 0.4) is 0 Å². The highest BCUT2D eigenvalue weighted by molar-refractivity contribution is 7.80. The Balaban J connectivity index is 2.07. The Morgan fingerprint density at radius 1 is 1.00 bits per heavy atom.